The number of carbonyl (C=O) groups excluding carboxylic acids is 1. The fourth-order valence-corrected chi connectivity index (χ4v) is 2.16. The first-order valence-corrected chi connectivity index (χ1v) is 6.55. The van der Waals surface area contributed by atoms with Crippen molar-refractivity contribution in [1.29, 1.82) is 0 Å². The molecule has 2 heterocycles. The second-order valence-electron chi connectivity index (χ2n) is 5.17. The molecule has 1 atom stereocenters. The molecule has 1 aliphatic heterocycles. The van der Waals surface area contributed by atoms with Gasteiger partial charge in [-0.3, -0.25) is 4.79 Å². The van der Waals surface area contributed by atoms with E-state index < -0.39 is 17.5 Å². The van der Waals surface area contributed by atoms with Crippen LogP contribution >= 0.6 is 0 Å². The molecule has 0 bridgehead atoms. The predicted octanol–water partition coefficient (Wildman–Crippen LogP) is 1.99. The Bertz CT molecular complexity index is 540. The smallest absolute Gasteiger partial charge is 0.365 e. The number of aryl methyl sites for hydroxylation is 1. The Balaban J connectivity index is 2.06. The van der Waals surface area contributed by atoms with Crippen molar-refractivity contribution in [2.24, 2.45) is 0 Å². The maximum absolute atomic E-state index is 12.7. The molecule has 0 saturated carbocycles. The highest BCUT2D eigenvalue weighted by molar-refractivity contribution is 5.84. The summed E-state index contributed by atoms with van der Waals surface area (Å²) in [6.07, 6.45) is -3.17. The lowest BCUT2D eigenvalue weighted by molar-refractivity contribution is -0.141. The summed E-state index contributed by atoms with van der Waals surface area (Å²) < 4.78 is 43.3. The highest BCUT2D eigenvalue weighted by Crippen LogP contribution is 2.28. The van der Waals surface area contributed by atoms with Gasteiger partial charge in [-0.1, -0.05) is 0 Å². The summed E-state index contributed by atoms with van der Waals surface area (Å²) in [5.41, 5.74) is -1.73. The number of nitrogens with zero attached hydrogens (tertiary/aromatic N) is 2. The second-order valence-corrected chi connectivity index (χ2v) is 5.17. The van der Waals surface area contributed by atoms with E-state index in [-0.39, 0.29) is 24.0 Å². The number of ether oxygens (including phenoxy) is 1. The van der Waals surface area contributed by atoms with Gasteiger partial charge in [0.25, 0.3) is 5.91 Å². The Morgan fingerprint density at radius 3 is 2.76 bits per heavy atom. The minimum Gasteiger partial charge on any atom is -0.365 e. The zero-order valence-electron chi connectivity index (χ0n) is 11.8. The van der Waals surface area contributed by atoms with Crippen molar-refractivity contribution in [3.63, 3.8) is 0 Å². The normalized spacial score (nSPS) is 22.3. The maximum Gasteiger partial charge on any atom is 0.433 e. The Kier molecular flexibility index (Phi) is 4.18. The van der Waals surface area contributed by atoms with Gasteiger partial charge in [0.2, 0.25) is 0 Å². The van der Waals surface area contributed by atoms with Gasteiger partial charge in [0.1, 0.15) is 17.1 Å². The molecule has 1 fully saturated rings. The topological polar surface area (TPSA) is 64.1 Å². The van der Waals surface area contributed by atoms with Crippen LogP contribution in [0.3, 0.4) is 0 Å². The second kappa shape index (κ2) is 5.59. The number of rotatable bonds is 3. The molecule has 0 unspecified atom stereocenters. The minimum absolute atomic E-state index is 0.0720. The summed E-state index contributed by atoms with van der Waals surface area (Å²) in [4.78, 5) is 19.3. The molecular weight excluding hydrogens is 287 g/mol. The Morgan fingerprint density at radius 2 is 2.19 bits per heavy atom. The molecule has 0 aliphatic carbocycles. The van der Waals surface area contributed by atoms with E-state index in [4.69, 9.17) is 4.74 Å². The summed E-state index contributed by atoms with van der Waals surface area (Å²) >= 11 is 0. The van der Waals surface area contributed by atoms with E-state index in [1.165, 1.54) is 6.92 Å². The lowest BCUT2D eigenvalue weighted by atomic mass is 10.0. The molecule has 1 amide bonds. The van der Waals surface area contributed by atoms with Gasteiger partial charge in [0.15, 0.2) is 0 Å². The highest BCUT2D eigenvalue weighted by Gasteiger charge is 2.38. The number of aromatic nitrogens is 2. The molecule has 5 nitrogen and oxygen atoms in total. The van der Waals surface area contributed by atoms with Gasteiger partial charge < -0.3 is 10.1 Å². The fourth-order valence-electron chi connectivity index (χ4n) is 2.16. The van der Waals surface area contributed by atoms with Gasteiger partial charge in [-0.25, -0.2) is 9.97 Å². The third-order valence-electron chi connectivity index (χ3n) is 3.30. The van der Waals surface area contributed by atoms with E-state index >= 15 is 0 Å². The molecule has 8 heteroatoms. The predicted molar refractivity (Wildman–Crippen MR) is 67.2 cm³/mol. The molecule has 0 spiro atoms. The first-order chi connectivity index (χ1) is 9.71. The third kappa shape index (κ3) is 3.69. The summed E-state index contributed by atoms with van der Waals surface area (Å²) in [7, 11) is 0. The van der Waals surface area contributed by atoms with Crippen LogP contribution in [0.5, 0.6) is 0 Å². The number of hydrogen-bond donors (Lipinski definition) is 1. The van der Waals surface area contributed by atoms with Gasteiger partial charge in [-0.05, 0) is 32.8 Å². The van der Waals surface area contributed by atoms with E-state index in [0.717, 1.165) is 12.5 Å². The molecule has 2 rings (SSSR count). The largest absolute Gasteiger partial charge is 0.433 e. The number of halogens is 3. The lowest BCUT2D eigenvalue weighted by Gasteiger charge is -2.21. The number of nitrogens with one attached hydrogen (secondary N) is 1. The van der Waals surface area contributed by atoms with Gasteiger partial charge in [0, 0.05) is 12.3 Å². The number of hydrogen-bond acceptors (Lipinski definition) is 4. The molecule has 1 saturated heterocycles. The minimum atomic E-state index is -4.53. The maximum atomic E-state index is 12.7. The van der Waals surface area contributed by atoms with Crippen molar-refractivity contribution in [2.75, 3.05) is 6.61 Å². The van der Waals surface area contributed by atoms with Gasteiger partial charge >= 0.3 is 6.18 Å². The Hall–Kier alpha value is -1.70. The number of carbonyl (C=O) groups is 1. The molecule has 21 heavy (non-hydrogen) atoms. The fraction of sp³-hybridized carbons (Fsp3) is 0.615. The number of alkyl halides is 3. The average molecular weight is 303 g/mol. The zero-order valence-corrected chi connectivity index (χ0v) is 11.8. The molecule has 0 radical (unpaired) electrons. The van der Waals surface area contributed by atoms with Crippen LogP contribution in [-0.2, 0) is 22.3 Å². The quantitative estimate of drug-likeness (QED) is 0.927. The Morgan fingerprint density at radius 1 is 1.48 bits per heavy atom. The molecule has 1 aliphatic rings. The van der Waals surface area contributed by atoms with Gasteiger partial charge in [-0.2, -0.15) is 13.2 Å². The van der Waals surface area contributed by atoms with Crippen molar-refractivity contribution in [3.05, 3.63) is 23.3 Å². The summed E-state index contributed by atoms with van der Waals surface area (Å²) in [5, 5.41) is 2.53. The van der Waals surface area contributed by atoms with Crippen LogP contribution < -0.4 is 5.32 Å². The van der Waals surface area contributed by atoms with Crippen LogP contribution in [0.1, 0.15) is 37.0 Å². The SMILES string of the molecule is Cc1cc(C(F)(F)F)nc(CNC(=O)[C@@]2(C)CCCO2)n1. The summed E-state index contributed by atoms with van der Waals surface area (Å²) in [6, 6.07) is 0.868. The van der Waals surface area contributed by atoms with Gasteiger partial charge in [0.05, 0.1) is 6.54 Å². The van der Waals surface area contributed by atoms with E-state index in [1.807, 2.05) is 0 Å². The third-order valence-corrected chi connectivity index (χ3v) is 3.30. The van der Waals surface area contributed by atoms with Crippen molar-refractivity contribution >= 4 is 5.91 Å². The molecular formula is C13H16F3N3O2. The van der Waals surface area contributed by atoms with E-state index in [1.54, 1.807) is 6.92 Å². The highest BCUT2D eigenvalue weighted by atomic mass is 19.4. The molecule has 1 N–H and O–H groups in total. The van der Waals surface area contributed by atoms with Gasteiger partial charge in [-0.15, -0.1) is 0 Å². The van der Waals surface area contributed by atoms with Crippen LogP contribution in [0.15, 0.2) is 6.07 Å². The summed E-state index contributed by atoms with van der Waals surface area (Å²) in [5.74, 6) is -0.434. The first-order valence-electron chi connectivity index (χ1n) is 6.55. The monoisotopic (exact) mass is 303 g/mol. The molecule has 1 aromatic rings. The van der Waals surface area contributed by atoms with Crippen LogP contribution in [-0.4, -0.2) is 28.1 Å². The Labute approximate surface area is 119 Å². The molecule has 1 aromatic heterocycles. The van der Waals surface area contributed by atoms with Crippen molar-refractivity contribution < 1.29 is 22.7 Å². The van der Waals surface area contributed by atoms with E-state index in [0.29, 0.717) is 13.0 Å². The molecule has 116 valence electrons. The van der Waals surface area contributed by atoms with Crippen LogP contribution in [0.4, 0.5) is 13.2 Å². The average Bonchev–Trinajstić information content (AvgIpc) is 2.82. The van der Waals surface area contributed by atoms with Crippen LogP contribution in [0.25, 0.3) is 0 Å². The van der Waals surface area contributed by atoms with Crippen molar-refractivity contribution in [2.45, 2.75) is 45.0 Å². The van der Waals surface area contributed by atoms with Crippen molar-refractivity contribution in [3.8, 4) is 0 Å². The zero-order chi connectivity index (χ0) is 15.7. The van der Waals surface area contributed by atoms with Crippen LogP contribution in [0, 0.1) is 6.92 Å². The number of amides is 1. The lowest BCUT2D eigenvalue weighted by Crippen LogP contribution is -2.43. The van der Waals surface area contributed by atoms with E-state index in [9.17, 15) is 18.0 Å². The van der Waals surface area contributed by atoms with E-state index in [2.05, 4.69) is 15.3 Å². The van der Waals surface area contributed by atoms with Crippen molar-refractivity contribution in [1.82, 2.24) is 15.3 Å². The first kappa shape index (κ1) is 15.7. The molecule has 0 aromatic carbocycles. The summed E-state index contributed by atoms with van der Waals surface area (Å²) in [6.45, 7) is 3.45. The van der Waals surface area contributed by atoms with Crippen LogP contribution in [0.2, 0.25) is 0 Å². The standard InChI is InChI=1S/C13H16F3N3O2/c1-8-6-9(13(14,15)16)19-10(18-8)7-17-11(20)12(2)4-3-5-21-12/h6H,3-5,7H2,1-2H3,(H,17,20)/t12-/m1/s1.